The van der Waals surface area contributed by atoms with Crippen molar-refractivity contribution >= 4 is 63.1 Å². The number of aryl methyl sites for hydroxylation is 1. The van der Waals surface area contributed by atoms with Crippen LogP contribution >= 0.6 is 45.8 Å². The largest absolute Gasteiger partial charge is 0.360 e. The van der Waals surface area contributed by atoms with Crippen LogP contribution in [0.5, 0.6) is 0 Å². The standard InChI is InChI=1S/C17H12Cl2IN3O/c1-10-6-12(20)2-5-16(10)23-17(24)11(8-21)9-22-13-3-4-14(18)15(19)7-13/h2-7,9,22H,1H3,(H,23,24)/b11-9-. The number of halogens is 3. The number of carbonyl (C=O) groups excluding carboxylic acids is 1. The zero-order valence-electron chi connectivity index (χ0n) is 12.5. The Kier molecular flexibility index (Phi) is 6.49. The Labute approximate surface area is 163 Å². The van der Waals surface area contributed by atoms with Crippen LogP contribution in [0.2, 0.25) is 10.0 Å². The zero-order valence-corrected chi connectivity index (χ0v) is 16.2. The summed E-state index contributed by atoms with van der Waals surface area (Å²) in [5.74, 6) is -0.491. The SMILES string of the molecule is Cc1cc(I)ccc1NC(=O)/C(C#N)=C\Nc1ccc(Cl)c(Cl)c1. The van der Waals surface area contributed by atoms with Crippen LogP contribution in [0.4, 0.5) is 11.4 Å². The molecule has 0 unspecified atom stereocenters. The third-order valence-electron chi connectivity index (χ3n) is 3.10. The van der Waals surface area contributed by atoms with E-state index in [0.717, 1.165) is 9.13 Å². The number of hydrogen-bond donors (Lipinski definition) is 2. The van der Waals surface area contributed by atoms with Gasteiger partial charge in [0.1, 0.15) is 11.6 Å². The molecule has 1 amide bonds. The molecule has 0 aliphatic rings. The number of benzene rings is 2. The van der Waals surface area contributed by atoms with Crippen molar-refractivity contribution in [2.75, 3.05) is 10.6 Å². The molecule has 0 aliphatic heterocycles. The molecule has 2 rings (SSSR count). The second-order valence-electron chi connectivity index (χ2n) is 4.86. The highest BCUT2D eigenvalue weighted by Crippen LogP contribution is 2.25. The van der Waals surface area contributed by atoms with Crippen molar-refractivity contribution in [1.82, 2.24) is 0 Å². The minimum absolute atomic E-state index is 0.0565. The van der Waals surface area contributed by atoms with Crippen LogP contribution in [0, 0.1) is 21.8 Å². The molecule has 7 heteroatoms. The van der Waals surface area contributed by atoms with Crippen LogP contribution in [0.1, 0.15) is 5.56 Å². The molecule has 2 N–H and O–H groups in total. The first-order valence-electron chi connectivity index (χ1n) is 6.80. The molecule has 0 saturated carbocycles. The van der Waals surface area contributed by atoms with E-state index in [1.807, 2.05) is 25.1 Å². The van der Waals surface area contributed by atoms with E-state index in [0.29, 0.717) is 21.4 Å². The fraction of sp³-hybridized carbons (Fsp3) is 0.0588. The van der Waals surface area contributed by atoms with E-state index in [1.54, 1.807) is 24.3 Å². The number of amides is 1. The van der Waals surface area contributed by atoms with Gasteiger partial charge in [0.15, 0.2) is 0 Å². The third-order valence-corrected chi connectivity index (χ3v) is 4.51. The van der Waals surface area contributed by atoms with Gasteiger partial charge in [0.25, 0.3) is 5.91 Å². The van der Waals surface area contributed by atoms with Gasteiger partial charge in [-0.3, -0.25) is 4.79 Å². The molecule has 122 valence electrons. The van der Waals surface area contributed by atoms with Gasteiger partial charge in [-0.2, -0.15) is 5.26 Å². The third kappa shape index (κ3) is 4.87. The van der Waals surface area contributed by atoms with E-state index in [4.69, 9.17) is 23.2 Å². The average molecular weight is 472 g/mol. The second kappa shape index (κ2) is 8.38. The molecule has 24 heavy (non-hydrogen) atoms. The van der Waals surface area contributed by atoms with Crippen LogP contribution in [0.25, 0.3) is 0 Å². The molecule has 0 aromatic heterocycles. The van der Waals surface area contributed by atoms with E-state index in [9.17, 15) is 10.1 Å². The molecule has 0 bridgehead atoms. The van der Waals surface area contributed by atoms with Crippen molar-refractivity contribution < 1.29 is 4.79 Å². The summed E-state index contributed by atoms with van der Waals surface area (Å²) < 4.78 is 1.07. The van der Waals surface area contributed by atoms with E-state index in [-0.39, 0.29) is 5.57 Å². The molecule has 0 atom stereocenters. The first-order valence-corrected chi connectivity index (χ1v) is 8.63. The monoisotopic (exact) mass is 471 g/mol. The van der Waals surface area contributed by atoms with Crippen LogP contribution in [-0.4, -0.2) is 5.91 Å². The highest BCUT2D eigenvalue weighted by molar-refractivity contribution is 14.1. The number of anilines is 2. The van der Waals surface area contributed by atoms with Gasteiger partial charge in [0, 0.05) is 21.1 Å². The van der Waals surface area contributed by atoms with E-state index >= 15 is 0 Å². The molecule has 0 fully saturated rings. The van der Waals surface area contributed by atoms with Gasteiger partial charge in [-0.15, -0.1) is 0 Å². The predicted molar refractivity (Wildman–Crippen MR) is 106 cm³/mol. The molecular weight excluding hydrogens is 460 g/mol. The zero-order chi connectivity index (χ0) is 17.7. The lowest BCUT2D eigenvalue weighted by Gasteiger charge is -2.08. The summed E-state index contributed by atoms with van der Waals surface area (Å²) in [7, 11) is 0. The van der Waals surface area contributed by atoms with E-state index in [1.165, 1.54) is 6.20 Å². The van der Waals surface area contributed by atoms with E-state index < -0.39 is 5.91 Å². The maximum atomic E-state index is 12.2. The lowest BCUT2D eigenvalue weighted by Crippen LogP contribution is -2.15. The molecule has 2 aromatic rings. The Morgan fingerprint density at radius 3 is 2.58 bits per heavy atom. The quantitative estimate of drug-likeness (QED) is 0.358. The van der Waals surface area contributed by atoms with Gasteiger partial charge in [-0.05, 0) is 71.5 Å². The topological polar surface area (TPSA) is 64.9 Å². The lowest BCUT2D eigenvalue weighted by molar-refractivity contribution is -0.112. The van der Waals surface area contributed by atoms with Gasteiger partial charge in [-0.25, -0.2) is 0 Å². The number of carbonyl (C=O) groups is 1. The molecule has 4 nitrogen and oxygen atoms in total. The van der Waals surface area contributed by atoms with Crippen LogP contribution < -0.4 is 10.6 Å². The number of nitriles is 1. The highest BCUT2D eigenvalue weighted by Gasteiger charge is 2.11. The summed E-state index contributed by atoms with van der Waals surface area (Å²) in [5.41, 5.74) is 2.15. The number of rotatable bonds is 4. The van der Waals surface area contributed by atoms with Gasteiger partial charge in [-0.1, -0.05) is 23.2 Å². The second-order valence-corrected chi connectivity index (χ2v) is 6.92. The van der Waals surface area contributed by atoms with Crippen LogP contribution in [-0.2, 0) is 4.79 Å². The summed E-state index contributed by atoms with van der Waals surface area (Å²) in [6.45, 7) is 1.89. The Bertz CT molecular complexity index is 859. The van der Waals surface area contributed by atoms with Gasteiger partial charge < -0.3 is 10.6 Å². The van der Waals surface area contributed by atoms with Crippen molar-refractivity contribution in [2.45, 2.75) is 6.92 Å². The molecule has 0 radical (unpaired) electrons. The van der Waals surface area contributed by atoms with Crippen LogP contribution in [0.15, 0.2) is 48.2 Å². The smallest absolute Gasteiger partial charge is 0.267 e. The molecule has 0 spiro atoms. The Balaban J connectivity index is 2.13. The predicted octanol–water partition coefficient (Wildman–Crippen LogP) is 5.36. The van der Waals surface area contributed by atoms with Gasteiger partial charge in [0.05, 0.1) is 10.0 Å². The van der Waals surface area contributed by atoms with E-state index in [2.05, 4.69) is 33.2 Å². The first kappa shape index (κ1) is 18.6. The average Bonchev–Trinajstić information content (AvgIpc) is 2.54. The molecule has 2 aromatic carbocycles. The minimum atomic E-state index is -0.491. The van der Waals surface area contributed by atoms with Crippen LogP contribution in [0.3, 0.4) is 0 Å². The Hall–Kier alpha value is -1.75. The fourth-order valence-corrected chi connectivity index (χ4v) is 2.79. The van der Waals surface area contributed by atoms with Gasteiger partial charge >= 0.3 is 0 Å². The fourth-order valence-electron chi connectivity index (χ4n) is 1.85. The molecule has 0 saturated heterocycles. The molecule has 0 aliphatic carbocycles. The molecular formula is C17H12Cl2IN3O. The molecule has 0 heterocycles. The Morgan fingerprint density at radius 2 is 1.96 bits per heavy atom. The number of nitrogens with one attached hydrogen (secondary N) is 2. The highest BCUT2D eigenvalue weighted by atomic mass is 127. The number of hydrogen-bond acceptors (Lipinski definition) is 3. The summed E-state index contributed by atoms with van der Waals surface area (Å²) in [4.78, 5) is 12.2. The lowest BCUT2D eigenvalue weighted by atomic mass is 10.2. The van der Waals surface area contributed by atoms with Crippen molar-refractivity contribution in [3.8, 4) is 6.07 Å². The summed E-state index contributed by atoms with van der Waals surface area (Å²) in [6, 6.07) is 12.4. The van der Waals surface area contributed by atoms with Gasteiger partial charge in [0.2, 0.25) is 0 Å². The maximum Gasteiger partial charge on any atom is 0.267 e. The van der Waals surface area contributed by atoms with Crippen molar-refractivity contribution in [3.05, 3.63) is 67.4 Å². The maximum absolute atomic E-state index is 12.2. The normalized spacial score (nSPS) is 10.9. The summed E-state index contributed by atoms with van der Waals surface area (Å²) >= 11 is 14.0. The first-order chi connectivity index (χ1) is 11.4. The van der Waals surface area contributed by atoms with Crippen molar-refractivity contribution in [2.24, 2.45) is 0 Å². The summed E-state index contributed by atoms with van der Waals surface area (Å²) in [6.07, 6.45) is 1.33. The van der Waals surface area contributed by atoms with Crippen molar-refractivity contribution in [1.29, 1.82) is 5.26 Å². The van der Waals surface area contributed by atoms with Crippen molar-refractivity contribution in [3.63, 3.8) is 0 Å². The Morgan fingerprint density at radius 1 is 1.21 bits per heavy atom. The summed E-state index contributed by atoms with van der Waals surface area (Å²) in [5, 5.41) is 15.6. The number of nitrogens with zero attached hydrogens (tertiary/aromatic N) is 1. The minimum Gasteiger partial charge on any atom is -0.360 e.